The molecule has 0 saturated heterocycles. The van der Waals surface area contributed by atoms with Crippen molar-refractivity contribution < 1.29 is 4.39 Å². The minimum absolute atomic E-state index is 0.197. The van der Waals surface area contributed by atoms with E-state index in [9.17, 15) is 0 Å². The third-order valence-corrected chi connectivity index (χ3v) is 4.41. The van der Waals surface area contributed by atoms with Crippen molar-refractivity contribution in [3.8, 4) is 11.3 Å². The summed E-state index contributed by atoms with van der Waals surface area (Å²) < 4.78 is 15.2. The maximum absolute atomic E-state index is 15.2. The molecular formula is C19H13ClFN3. The Morgan fingerprint density at radius 1 is 1.00 bits per heavy atom. The van der Waals surface area contributed by atoms with Crippen molar-refractivity contribution in [2.45, 2.75) is 13.8 Å². The third kappa shape index (κ3) is 2.22. The number of aromatic nitrogens is 3. The van der Waals surface area contributed by atoms with E-state index in [2.05, 4.69) is 15.0 Å². The molecule has 118 valence electrons. The molecule has 4 aromatic rings. The summed E-state index contributed by atoms with van der Waals surface area (Å²) in [5.74, 6) is -0.0479. The van der Waals surface area contributed by atoms with Crippen LogP contribution < -0.4 is 0 Å². The van der Waals surface area contributed by atoms with Crippen LogP contribution in [0.25, 0.3) is 32.9 Å². The van der Waals surface area contributed by atoms with Gasteiger partial charge in [0, 0.05) is 11.8 Å². The highest BCUT2D eigenvalue weighted by atomic mass is 35.5. The molecule has 0 atom stereocenters. The van der Waals surface area contributed by atoms with E-state index in [1.165, 1.54) is 6.20 Å². The lowest BCUT2D eigenvalue weighted by molar-refractivity contribution is 0.634. The summed E-state index contributed by atoms with van der Waals surface area (Å²) in [7, 11) is 0. The van der Waals surface area contributed by atoms with Crippen molar-refractivity contribution in [2.24, 2.45) is 0 Å². The molecule has 0 aliphatic rings. The van der Waals surface area contributed by atoms with E-state index in [1.807, 2.05) is 43.3 Å². The molecule has 0 bridgehead atoms. The number of benzene rings is 2. The molecule has 0 radical (unpaired) electrons. The monoisotopic (exact) mass is 337 g/mol. The molecule has 0 aliphatic heterocycles. The minimum Gasteiger partial charge on any atom is -0.252 e. The van der Waals surface area contributed by atoms with Gasteiger partial charge in [0.25, 0.3) is 0 Å². The maximum atomic E-state index is 15.2. The summed E-state index contributed by atoms with van der Waals surface area (Å²) in [5, 5.41) is 2.67. The van der Waals surface area contributed by atoms with Crippen LogP contribution in [0.15, 0.2) is 42.6 Å². The van der Waals surface area contributed by atoms with Gasteiger partial charge in [0.15, 0.2) is 5.82 Å². The Kier molecular flexibility index (Phi) is 3.43. The smallest absolute Gasteiger partial charge is 0.175 e. The zero-order valence-electron chi connectivity index (χ0n) is 13.1. The number of hydrogen-bond acceptors (Lipinski definition) is 3. The second kappa shape index (κ2) is 5.49. The lowest BCUT2D eigenvalue weighted by atomic mass is 9.97. The van der Waals surface area contributed by atoms with Crippen molar-refractivity contribution in [2.75, 3.05) is 0 Å². The van der Waals surface area contributed by atoms with Gasteiger partial charge in [-0.15, -0.1) is 0 Å². The minimum atomic E-state index is -0.476. The van der Waals surface area contributed by atoms with Gasteiger partial charge in [-0.1, -0.05) is 48.0 Å². The predicted molar refractivity (Wildman–Crippen MR) is 94.7 cm³/mol. The molecule has 2 heterocycles. The first-order valence-corrected chi connectivity index (χ1v) is 7.91. The zero-order valence-corrected chi connectivity index (χ0v) is 13.9. The molecule has 0 spiro atoms. The molecule has 4 rings (SSSR count). The van der Waals surface area contributed by atoms with Crippen LogP contribution in [0.2, 0.25) is 5.15 Å². The average Bonchev–Trinajstić information content (AvgIpc) is 2.56. The Balaban J connectivity index is 2.10. The van der Waals surface area contributed by atoms with Crippen LogP contribution in [-0.2, 0) is 0 Å². The lowest BCUT2D eigenvalue weighted by Gasteiger charge is -2.11. The lowest BCUT2D eigenvalue weighted by Crippen LogP contribution is -1.98. The molecule has 0 saturated carbocycles. The molecule has 0 N–H and O–H groups in total. The second-order valence-corrected chi connectivity index (χ2v) is 6.08. The van der Waals surface area contributed by atoms with Crippen molar-refractivity contribution in [1.29, 1.82) is 0 Å². The highest BCUT2D eigenvalue weighted by Gasteiger charge is 2.17. The number of pyridine rings is 1. The fraction of sp³-hybridized carbons (Fsp3) is 0.105. The topological polar surface area (TPSA) is 38.7 Å². The van der Waals surface area contributed by atoms with Gasteiger partial charge >= 0.3 is 0 Å². The Morgan fingerprint density at radius 2 is 1.75 bits per heavy atom. The maximum Gasteiger partial charge on any atom is 0.175 e. The Morgan fingerprint density at radius 3 is 2.54 bits per heavy atom. The zero-order chi connectivity index (χ0) is 16.8. The molecule has 0 fully saturated rings. The van der Waals surface area contributed by atoms with Crippen LogP contribution in [0.4, 0.5) is 4.39 Å². The standard InChI is InChI=1S/C19H13ClFN3/c1-10-5-3-6-12-7-4-8-13(15(10)12)17-16(21)18-14(9-22-17)19(20)24-11(2)23-18/h3-9H,1-2H3. The molecule has 0 unspecified atom stereocenters. The average molecular weight is 338 g/mol. The summed E-state index contributed by atoms with van der Waals surface area (Å²) >= 11 is 6.10. The van der Waals surface area contributed by atoms with Gasteiger partial charge in [0.2, 0.25) is 0 Å². The Bertz CT molecular complexity index is 1100. The number of halogens is 2. The fourth-order valence-electron chi connectivity index (χ4n) is 3.04. The molecular weight excluding hydrogens is 325 g/mol. The van der Waals surface area contributed by atoms with Gasteiger partial charge in [-0.25, -0.2) is 14.4 Å². The van der Waals surface area contributed by atoms with Gasteiger partial charge in [0.05, 0.1) is 5.39 Å². The van der Waals surface area contributed by atoms with Gasteiger partial charge in [0.1, 0.15) is 22.2 Å². The first-order chi connectivity index (χ1) is 11.6. The highest BCUT2D eigenvalue weighted by molar-refractivity contribution is 6.34. The van der Waals surface area contributed by atoms with Crippen LogP contribution in [0.5, 0.6) is 0 Å². The van der Waals surface area contributed by atoms with Crippen molar-refractivity contribution >= 4 is 33.3 Å². The predicted octanol–water partition coefficient (Wildman–Crippen LogP) is 5.25. The number of hydrogen-bond donors (Lipinski definition) is 0. The first kappa shape index (κ1) is 15.0. The third-order valence-electron chi connectivity index (χ3n) is 4.12. The Labute approximate surface area is 143 Å². The van der Waals surface area contributed by atoms with Crippen LogP contribution in [0.3, 0.4) is 0 Å². The van der Waals surface area contributed by atoms with Gasteiger partial charge in [-0.2, -0.15) is 0 Å². The van der Waals surface area contributed by atoms with Crippen molar-refractivity contribution in [1.82, 2.24) is 15.0 Å². The van der Waals surface area contributed by atoms with Gasteiger partial charge in [-0.05, 0) is 30.2 Å². The number of nitrogens with zero attached hydrogens (tertiary/aromatic N) is 3. The van der Waals surface area contributed by atoms with Crippen LogP contribution in [0, 0.1) is 19.7 Å². The Hall–Kier alpha value is -2.59. The van der Waals surface area contributed by atoms with Crippen LogP contribution in [-0.4, -0.2) is 15.0 Å². The molecule has 2 aromatic carbocycles. The van der Waals surface area contributed by atoms with Crippen molar-refractivity contribution in [3.05, 3.63) is 65.0 Å². The molecule has 0 aliphatic carbocycles. The van der Waals surface area contributed by atoms with Gasteiger partial charge < -0.3 is 0 Å². The summed E-state index contributed by atoms with van der Waals surface area (Å²) in [6, 6.07) is 11.8. The van der Waals surface area contributed by atoms with E-state index in [1.54, 1.807) is 6.92 Å². The molecule has 5 heteroatoms. The van der Waals surface area contributed by atoms with Crippen LogP contribution in [0.1, 0.15) is 11.4 Å². The summed E-state index contributed by atoms with van der Waals surface area (Å²) in [6.07, 6.45) is 1.53. The quantitative estimate of drug-likeness (QED) is 0.445. The normalized spacial score (nSPS) is 11.3. The fourth-order valence-corrected chi connectivity index (χ4v) is 3.30. The highest BCUT2D eigenvalue weighted by Crippen LogP contribution is 2.34. The molecule has 24 heavy (non-hydrogen) atoms. The van der Waals surface area contributed by atoms with E-state index in [0.717, 1.165) is 21.9 Å². The molecule has 2 aromatic heterocycles. The van der Waals surface area contributed by atoms with E-state index < -0.39 is 5.82 Å². The van der Waals surface area contributed by atoms with E-state index in [0.29, 0.717) is 11.2 Å². The number of aryl methyl sites for hydroxylation is 2. The number of rotatable bonds is 1. The van der Waals surface area contributed by atoms with E-state index >= 15 is 4.39 Å². The van der Waals surface area contributed by atoms with E-state index in [-0.39, 0.29) is 16.4 Å². The second-order valence-electron chi connectivity index (χ2n) is 5.72. The van der Waals surface area contributed by atoms with Gasteiger partial charge in [-0.3, -0.25) is 4.98 Å². The summed E-state index contributed by atoms with van der Waals surface area (Å²) in [5.41, 5.74) is 2.29. The molecule has 0 amide bonds. The first-order valence-electron chi connectivity index (χ1n) is 7.53. The largest absolute Gasteiger partial charge is 0.252 e. The summed E-state index contributed by atoms with van der Waals surface area (Å²) in [6.45, 7) is 3.70. The number of fused-ring (bicyclic) bond motifs is 2. The van der Waals surface area contributed by atoms with E-state index in [4.69, 9.17) is 11.6 Å². The SMILES string of the molecule is Cc1nc(Cl)c2cnc(-c3cccc4cccc(C)c34)c(F)c2n1. The summed E-state index contributed by atoms with van der Waals surface area (Å²) in [4.78, 5) is 12.6. The van der Waals surface area contributed by atoms with Crippen LogP contribution >= 0.6 is 11.6 Å². The molecule has 3 nitrogen and oxygen atoms in total. The van der Waals surface area contributed by atoms with Crippen molar-refractivity contribution in [3.63, 3.8) is 0 Å².